The number of benzene rings is 1. The maximum absolute atomic E-state index is 13.2. The summed E-state index contributed by atoms with van der Waals surface area (Å²) in [6.45, 7) is 0.327. The fourth-order valence-electron chi connectivity index (χ4n) is 2.72. The van der Waals surface area contributed by atoms with Gasteiger partial charge in [-0.3, -0.25) is 14.5 Å². The van der Waals surface area contributed by atoms with Gasteiger partial charge < -0.3 is 15.1 Å². The molecule has 1 atom stereocenters. The maximum atomic E-state index is 13.2. The number of amides is 4. The van der Waals surface area contributed by atoms with E-state index < -0.39 is 23.8 Å². The smallest absolute Gasteiger partial charge is 0.325 e. The van der Waals surface area contributed by atoms with E-state index in [4.69, 9.17) is 4.42 Å². The Morgan fingerprint density at radius 1 is 1.27 bits per heavy atom. The summed E-state index contributed by atoms with van der Waals surface area (Å²) in [5, 5.41) is 5.17. The van der Waals surface area contributed by atoms with Crippen LogP contribution in [0.15, 0.2) is 47.1 Å². The van der Waals surface area contributed by atoms with E-state index >= 15 is 0 Å². The molecule has 26 heavy (non-hydrogen) atoms. The molecular formula is C18H18FN3O4. The van der Waals surface area contributed by atoms with Crippen LogP contribution in [0.5, 0.6) is 0 Å². The van der Waals surface area contributed by atoms with Crippen molar-refractivity contribution < 1.29 is 23.2 Å². The van der Waals surface area contributed by atoms with Crippen LogP contribution in [0.3, 0.4) is 0 Å². The van der Waals surface area contributed by atoms with Gasteiger partial charge in [0.15, 0.2) is 0 Å². The van der Waals surface area contributed by atoms with Crippen LogP contribution in [0, 0.1) is 5.82 Å². The SMILES string of the molecule is O=C(C[C@H]1NC(=O)N(Cc2cccc(F)c2)C1=O)NCCc1ccco1. The Hall–Kier alpha value is -3.16. The maximum Gasteiger partial charge on any atom is 0.325 e. The molecule has 2 aromatic rings. The number of carbonyl (C=O) groups excluding carboxylic acids is 3. The Labute approximate surface area is 149 Å². The molecule has 0 aliphatic carbocycles. The van der Waals surface area contributed by atoms with Gasteiger partial charge in [-0.2, -0.15) is 0 Å². The lowest BCUT2D eigenvalue weighted by Gasteiger charge is -2.13. The molecular weight excluding hydrogens is 341 g/mol. The molecule has 1 aromatic heterocycles. The highest BCUT2D eigenvalue weighted by atomic mass is 19.1. The number of carbonyl (C=O) groups is 3. The van der Waals surface area contributed by atoms with Gasteiger partial charge in [-0.1, -0.05) is 12.1 Å². The Bertz CT molecular complexity index is 807. The number of rotatable bonds is 7. The van der Waals surface area contributed by atoms with Crippen molar-refractivity contribution in [1.29, 1.82) is 0 Å². The predicted molar refractivity (Wildman–Crippen MR) is 89.3 cm³/mol. The van der Waals surface area contributed by atoms with Crippen molar-refractivity contribution in [2.75, 3.05) is 6.54 Å². The minimum absolute atomic E-state index is 0.0426. The summed E-state index contributed by atoms with van der Waals surface area (Å²) in [5.74, 6) is -0.540. The number of imide groups is 1. The Balaban J connectivity index is 1.50. The number of nitrogens with zero attached hydrogens (tertiary/aromatic N) is 1. The van der Waals surface area contributed by atoms with E-state index in [2.05, 4.69) is 10.6 Å². The van der Waals surface area contributed by atoms with Crippen molar-refractivity contribution in [2.24, 2.45) is 0 Å². The molecule has 136 valence electrons. The van der Waals surface area contributed by atoms with E-state index in [9.17, 15) is 18.8 Å². The molecule has 1 fully saturated rings. The normalized spacial score (nSPS) is 16.7. The van der Waals surface area contributed by atoms with Gasteiger partial charge in [-0.15, -0.1) is 0 Å². The zero-order valence-corrected chi connectivity index (χ0v) is 13.9. The lowest BCUT2D eigenvalue weighted by atomic mass is 10.1. The Morgan fingerprint density at radius 2 is 2.12 bits per heavy atom. The van der Waals surface area contributed by atoms with Crippen LogP contribution in [0.1, 0.15) is 17.7 Å². The largest absolute Gasteiger partial charge is 0.469 e. The average Bonchev–Trinajstić information content (AvgIpc) is 3.19. The first-order valence-corrected chi connectivity index (χ1v) is 8.18. The van der Waals surface area contributed by atoms with Gasteiger partial charge in [0.2, 0.25) is 5.91 Å². The minimum Gasteiger partial charge on any atom is -0.469 e. The molecule has 0 unspecified atom stereocenters. The van der Waals surface area contributed by atoms with Crippen LogP contribution in [-0.4, -0.2) is 35.3 Å². The third kappa shape index (κ3) is 4.27. The van der Waals surface area contributed by atoms with E-state index in [1.807, 2.05) is 0 Å². The van der Waals surface area contributed by atoms with Crippen molar-refractivity contribution in [1.82, 2.24) is 15.5 Å². The molecule has 7 nitrogen and oxygen atoms in total. The monoisotopic (exact) mass is 359 g/mol. The summed E-state index contributed by atoms with van der Waals surface area (Å²) in [6.07, 6.45) is 1.94. The first-order chi connectivity index (χ1) is 12.5. The molecule has 2 heterocycles. The van der Waals surface area contributed by atoms with Crippen LogP contribution in [-0.2, 0) is 22.6 Å². The number of urea groups is 1. The van der Waals surface area contributed by atoms with Gasteiger partial charge in [-0.25, -0.2) is 9.18 Å². The highest BCUT2D eigenvalue weighted by Gasteiger charge is 2.38. The summed E-state index contributed by atoms with van der Waals surface area (Å²) < 4.78 is 18.4. The van der Waals surface area contributed by atoms with Crippen LogP contribution < -0.4 is 10.6 Å². The third-order valence-electron chi connectivity index (χ3n) is 4.00. The molecule has 8 heteroatoms. The summed E-state index contributed by atoms with van der Waals surface area (Å²) in [6, 6.07) is 7.73. The topological polar surface area (TPSA) is 91.7 Å². The van der Waals surface area contributed by atoms with E-state index in [0.717, 1.165) is 10.7 Å². The van der Waals surface area contributed by atoms with E-state index in [1.165, 1.54) is 18.2 Å². The van der Waals surface area contributed by atoms with Gasteiger partial charge in [0.05, 0.1) is 19.2 Å². The zero-order valence-electron chi connectivity index (χ0n) is 13.9. The fraction of sp³-hybridized carbons (Fsp3) is 0.278. The van der Waals surface area contributed by atoms with Crippen molar-refractivity contribution in [3.05, 3.63) is 59.8 Å². The van der Waals surface area contributed by atoms with Crippen molar-refractivity contribution in [2.45, 2.75) is 25.4 Å². The first-order valence-electron chi connectivity index (χ1n) is 8.18. The van der Waals surface area contributed by atoms with Crippen molar-refractivity contribution >= 4 is 17.8 Å². The van der Waals surface area contributed by atoms with E-state index in [1.54, 1.807) is 24.5 Å². The lowest BCUT2D eigenvalue weighted by molar-refractivity contribution is -0.131. The highest BCUT2D eigenvalue weighted by Crippen LogP contribution is 2.15. The van der Waals surface area contributed by atoms with E-state index in [0.29, 0.717) is 18.5 Å². The summed E-state index contributed by atoms with van der Waals surface area (Å²) >= 11 is 0. The van der Waals surface area contributed by atoms with Crippen LogP contribution in [0.25, 0.3) is 0 Å². The molecule has 3 rings (SSSR count). The molecule has 1 aromatic carbocycles. The predicted octanol–water partition coefficient (Wildman–Crippen LogP) is 1.59. The van der Waals surface area contributed by atoms with Gasteiger partial charge in [0.25, 0.3) is 5.91 Å². The Morgan fingerprint density at radius 3 is 2.85 bits per heavy atom. The third-order valence-corrected chi connectivity index (χ3v) is 4.00. The first kappa shape index (κ1) is 17.7. The summed E-state index contributed by atoms with van der Waals surface area (Å²) in [7, 11) is 0. The number of nitrogens with one attached hydrogen (secondary N) is 2. The van der Waals surface area contributed by atoms with Gasteiger partial charge >= 0.3 is 6.03 Å². The number of furan rings is 1. The Kier molecular flexibility index (Phi) is 5.31. The molecule has 1 aliphatic heterocycles. The number of halogens is 1. The molecule has 1 saturated heterocycles. The molecule has 2 N–H and O–H groups in total. The molecule has 0 bridgehead atoms. The summed E-state index contributed by atoms with van der Waals surface area (Å²) in [5.41, 5.74) is 0.497. The fourth-order valence-corrected chi connectivity index (χ4v) is 2.72. The highest BCUT2D eigenvalue weighted by molar-refractivity contribution is 6.05. The standard InChI is InChI=1S/C18H18FN3O4/c19-13-4-1-3-12(9-13)11-22-17(24)15(21-18(22)25)10-16(23)20-7-6-14-5-2-8-26-14/h1-5,8-9,15H,6-7,10-11H2,(H,20,23)(H,21,25)/t15-/m1/s1. The van der Waals surface area contributed by atoms with E-state index in [-0.39, 0.29) is 18.9 Å². The van der Waals surface area contributed by atoms with Gasteiger partial charge in [-0.05, 0) is 29.8 Å². The van der Waals surface area contributed by atoms with Gasteiger partial charge in [0.1, 0.15) is 17.6 Å². The number of hydrogen-bond donors (Lipinski definition) is 2. The van der Waals surface area contributed by atoms with Crippen molar-refractivity contribution in [3.8, 4) is 0 Å². The average molecular weight is 359 g/mol. The molecule has 0 spiro atoms. The van der Waals surface area contributed by atoms with Crippen LogP contribution in [0.4, 0.5) is 9.18 Å². The zero-order chi connectivity index (χ0) is 18.5. The van der Waals surface area contributed by atoms with Crippen LogP contribution in [0.2, 0.25) is 0 Å². The number of hydrogen-bond acceptors (Lipinski definition) is 4. The molecule has 4 amide bonds. The van der Waals surface area contributed by atoms with Crippen LogP contribution >= 0.6 is 0 Å². The second-order valence-electron chi connectivity index (χ2n) is 5.94. The molecule has 0 saturated carbocycles. The summed E-state index contributed by atoms with van der Waals surface area (Å²) in [4.78, 5) is 37.3. The quantitative estimate of drug-likeness (QED) is 0.735. The lowest BCUT2D eigenvalue weighted by Crippen LogP contribution is -2.37. The van der Waals surface area contributed by atoms with Gasteiger partial charge in [0, 0.05) is 13.0 Å². The molecule has 1 aliphatic rings. The molecule has 0 radical (unpaired) electrons. The second kappa shape index (κ2) is 7.81. The minimum atomic E-state index is -0.917. The second-order valence-corrected chi connectivity index (χ2v) is 5.94. The van der Waals surface area contributed by atoms with Crippen molar-refractivity contribution in [3.63, 3.8) is 0 Å².